The van der Waals surface area contributed by atoms with E-state index in [2.05, 4.69) is 5.32 Å². The number of alkyl halides is 3. The zero-order valence-corrected chi connectivity index (χ0v) is 34.0. The average Bonchev–Trinajstić information content (AvgIpc) is 3.78. The highest BCUT2D eigenvalue weighted by atomic mass is 19.4. The Morgan fingerprint density at radius 2 is 1.53 bits per heavy atom. The number of aliphatic hydroxyl groups excluding tert-OH is 1. The van der Waals surface area contributed by atoms with Gasteiger partial charge in [-0.25, -0.2) is 18.5 Å². The molecule has 330 valence electrons. The first-order valence-electron chi connectivity index (χ1n) is 19.2. The number of carboxylic acid groups (broad SMARTS) is 1. The van der Waals surface area contributed by atoms with E-state index in [9.17, 15) is 46.6 Å². The summed E-state index contributed by atoms with van der Waals surface area (Å²) in [6.45, 7) is 5.44. The fraction of sp³-hybridized carbons (Fsp3) is 0.318. The van der Waals surface area contributed by atoms with Crippen molar-refractivity contribution in [2.45, 2.75) is 64.8 Å². The maximum absolute atomic E-state index is 15.0. The van der Waals surface area contributed by atoms with Gasteiger partial charge in [0.1, 0.15) is 18.2 Å². The van der Waals surface area contributed by atoms with Gasteiger partial charge >= 0.3 is 12.1 Å². The van der Waals surface area contributed by atoms with E-state index in [0.29, 0.717) is 29.8 Å². The van der Waals surface area contributed by atoms with E-state index in [1.807, 2.05) is 55.7 Å². The molecular formula is C44H46F5N5O8. The third kappa shape index (κ3) is 12.7. The second-order valence-electron chi connectivity index (χ2n) is 15.3. The quantitative estimate of drug-likeness (QED) is 0.0456. The fourth-order valence-corrected chi connectivity index (χ4v) is 6.72. The number of rotatable bonds is 16. The number of carbonyl (C=O) groups excluding carboxylic acids is 5. The van der Waals surface area contributed by atoms with Gasteiger partial charge in [0.15, 0.2) is 5.78 Å². The molecule has 0 saturated heterocycles. The van der Waals surface area contributed by atoms with Crippen LogP contribution in [0.25, 0.3) is 11.1 Å². The second-order valence-corrected chi connectivity index (χ2v) is 15.3. The van der Waals surface area contributed by atoms with E-state index in [1.165, 1.54) is 11.0 Å². The number of halogens is 5. The number of hydrogen-bond acceptors (Lipinski definition) is 8. The number of nitrogens with zero attached hydrogens (tertiary/aromatic N) is 3. The lowest BCUT2D eigenvalue weighted by molar-refractivity contribution is -0.192. The van der Waals surface area contributed by atoms with Gasteiger partial charge in [-0.3, -0.25) is 24.0 Å². The third-order valence-corrected chi connectivity index (χ3v) is 9.61. The lowest BCUT2D eigenvalue weighted by Crippen LogP contribution is -2.47. The van der Waals surface area contributed by atoms with Crippen LogP contribution in [-0.4, -0.2) is 87.0 Å². The number of imide groups is 1. The van der Waals surface area contributed by atoms with E-state index in [-0.39, 0.29) is 43.0 Å². The Morgan fingerprint density at radius 3 is 2.13 bits per heavy atom. The number of nitrogens with one attached hydrogen (secondary N) is 1. The average molecular weight is 868 g/mol. The number of aromatic nitrogens is 1. The molecule has 0 unspecified atom stereocenters. The van der Waals surface area contributed by atoms with Crippen LogP contribution in [0.3, 0.4) is 0 Å². The number of aliphatic carboxylic acids is 1. The summed E-state index contributed by atoms with van der Waals surface area (Å²) in [5.41, 5.74) is 8.27. The van der Waals surface area contributed by atoms with Crippen LogP contribution in [-0.2, 0) is 30.5 Å². The monoisotopic (exact) mass is 867 g/mol. The number of nitrogens with two attached hydrogens (primary N) is 1. The van der Waals surface area contributed by atoms with Crippen molar-refractivity contribution in [1.29, 1.82) is 0 Å². The molecule has 5 N–H and O–H groups in total. The van der Waals surface area contributed by atoms with Crippen LogP contribution in [0.4, 0.5) is 27.6 Å². The number of hydrogen-bond donors (Lipinski definition) is 4. The standard InChI is InChI=1S/C42H45F2N5O6.C2HF3O2/c1-42(2,3)40(35-22-29(32-23-30(43)14-15-33(32)44)25-47(35)24-27-9-5-4-6-10-27)48(39(54)26-50)20-18-34(45)41(55)46-19-8-13-36(51)28-11-7-12-31(21-28)49-37(52)16-17-38(49)53;3-2(4,5)1(6)7/h4-7,9-12,14-17,21-23,25,34,40,50H,8,13,18-20,24,26,45H2,1-3H3,(H,46,55);(H,6,7)/t34-,40-;/m0./s1. The first-order valence-corrected chi connectivity index (χ1v) is 19.2. The van der Waals surface area contributed by atoms with Gasteiger partial charge in [-0.15, -0.1) is 0 Å². The summed E-state index contributed by atoms with van der Waals surface area (Å²) in [6.07, 6.45) is -0.643. The van der Waals surface area contributed by atoms with Crippen LogP contribution in [0.15, 0.2) is 97.2 Å². The lowest BCUT2D eigenvalue weighted by atomic mass is 9.82. The number of carbonyl (C=O) groups is 6. The molecule has 1 aromatic heterocycles. The predicted octanol–water partition coefficient (Wildman–Crippen LogP) is 5.95. The highest BCUT2D eigenvalue weighted by Crippen LogP contribution is 2.41. The minimum Gasteiger partial charge on any atom is -0.475 e. The Bertz CT molecular complexity index is 2290. The molecule has 0 radical (unpaired) electrons. The zero-order chi connectivity index (χ0) is 45.9. The van der Waals surface area contributed by atoms with Gasteiger partial charge in [-0.05, 0) is 60.2 Å². The summed E-state index contributed by atoms with van der Waals surface area (Å²) in [7, 11) is 0. The smallest absolute Gasteiger partial charge is 0.475 e. The van der Waals surface area contributed by atoms with Crippen LogP contribution in [0.5, 0.6) is 0 Å². The molecule has 0 aliphatic carbocycles. The second kappa shape index (κ2) is 20.8. The number of carboxylic acids is 1. The molecule has 4 aromatic rings. The van der Waals surface area contributed by atoms with Crippen LogP contribution >= 0.6 is 0 Å². The Hall–Kier alpha value is -6.53. The van der Waals surface area contributed by atoms with Crippen molar-refractivity contribution in [2.24, 2.45) is 11.1 Å². The van der Waals surface area contributed by atoms with Gasteiger partial charge in [0.05, 0.1) is 17.8 Å². The number of benzene rings is 3. The zero-order valence-electron chi connectivity index (χ0n) is 34.0. The molecule has 1 aliphatic rings. The van der Waals surface area contributed by atoms with Crippen molar-refractivity contribution in [3.05, 3.63) is 126 Å². The summed E-state index contributed by atoms with van der Waals surface area (Å²) in [5.74, 6) is -6.28. The van der Waals surface area contributed by atoms with Crippen molar-refractivity contribution in [1.82, 2.24) is 14.8 Å². The summed E-state index contributed by atoms with van der Waals surface area (Å²) < 4.78 is 63.0. The van der Waals surface area contributed by atoms with Gasteiger partial charge in [0, 0.05) is 66.8 Å². The van der Waals surface area contributed by atoms with Crippen molar-refractivity contribution < 1.29 is 60.9 Å². The molecule has 0 saturated carbocycles. The lowest BCUT2D eigenvalue weighted by Gasteiger charge is -2.41. The van der Waals surface area contributed by atoms with E-state index >= 15 is 4.39 Å². The van der Waals surface area contributed by atoms with Crippen LogP contribution in [0.2, 0.25) is 0 Å². The summed E-state index contributed by atoms with van der Waals surface area (Å²) in [5, 5.41) is 20.0. The minimum absolute atomic E-state index is 0.0114. The summed E-state index contributed by atoms with van der Waals surface area (Å²) in [6, 6.07) is 18.9. The van der Waals surface area contributed by atoms with Gasteiger partial charge in [0.25, 0.3) is 11.8 Å². The highest BCUT2D eigenvalue weighted by Gasteiger charge is 2.39. The number of Topliss-reactive ketones (excluding diaryl/α,β-unsaturated/α-hetero) is 1. The van der Waals surface area contributed by atoms with E-state index in [1.54, 1.807) is 30.5 Å². The molecule has 0 bridgehead atoms. The normalized spacial score (nSPS) is 13.6. The summed E-state index contributed by atoms with van der Waals surface area (Å²) >= 11 is 0. The van der Waals surface area contributed by atoms with Crippen LogP contribution in [0, 0.1) is 17.0 Å². The third-order valence-electron chi connectivity index (χ3n) is 9.61. The van der Waals surface area contributed by atoms with Crippen LogP contribution in [0.1, 0.15) is 67.7 Å². The molecule has 62 heavy (non-hydrogen) atoms. The largest absolute Gasteiger partial charge is 0.490 e. The highest BCUT2D eigenvalue weighted by molar-refractivity contribution is 6.28. The van der Waals surface area contributed by atoms with Gasteiger partial charge in [-0.2, -0.15) is 13.2 Å². The Morgan fingerprint density at radius 1 is 0.887 bits per heavy atom. The maximum atomic E-state index is 15.0. The topological polar surface area (TPSA) is 192 Å². The van der Waals surface area contributed by atoms with E-state index in [4.69, 9.17) is 15.6 Å². The molecular weight excluding hydrogens is 822 g/mol. The van der Waals surface area contributed by atoms with Crippen molar-refractivity contribution in [3.8, 4) is 11.1 Å². The van der Waals surface area contributed by atoms with E-state index < -0.39 is 71.5 Å². The maximum Gasteiger partial charge on any atom is 0.490 e. The van der Waals surface area contributed by atoms with Crippen molar-refractivity contribution >= 4 is 41.1 Å². The minimum atomic E-state index is -5.08. The SMILES string of the molecule is CC(C)(C)[C@H](c1cc(-c2cc(F)ccc2F)cn1Cc1ccccc1)N(CC[C@H](N)C(=O)NCCCC(=O)c1cccc(N2C(=O)C=CC2=O)c1)C(=O)CO.O=C(O)C(F)(F)F. The molecule has 3 aromatic carbocycles. The van der Waals surface area contributed by atoms with Crippen molar-refractivity contribution in [3.63, 3.8) is 0 Å². The fourth-order valence-electron chi connectivity index (χ4n) is 6.72. The molecule has 18 heteroatoms. The molecule has 1 aliphatic heterocycles. The molecule has 0 fully saturated rings. The number of aliphatic hydroxyl groups is 1. The van der Waals surface area contributed by atoms with Gasteiger partial charge < -0.3 is 30.7 Å². The first-order chi connectivity index (χ1) is 29.1. The number of ketones is 1. The van der Waals surface area contributed by atoms with E-state index in [0.717, 1.165) is 40.8 Å². The number of anilines is 1. The van der Waals surface area contributed by atoms with Crippen LogP contribution < -0.4 is 16.0 Å². The number of amides is 4. The molecule has 4 amide bonds. The molecule has 2 atom stereocenters. The first kappa shape index (κ1) is 48.1. The van der Waals surface area contributed by atoms with Crippen molar-refractivity contribution in [2.75, 3.05) is 24.6 Å². The molecule has 2 heterocycles. The Labute approximate surface area is 353 Å². The summed E-state index contributed by atoms with van der Waals surface area (Å²) in [4.78, 5) is 74.8. The van der Waals surface area contributed by atoms with Gasteiger partial charge in [0.2, 0.25) is 11.8 Å². The molecule has 5 rings (SSSR count). The van der Waals surface area contributed by atoms with Gasteiger partial charge in [-0.1, -0.05) is 63.2 Å². The molecule has 13 nitrogen and oxygen atoms in total. The molecule has 0 spiro atoms. The Kier molecular flexibility index (Phi) is 16.2. The Balaban J connectivity index is 0.00000111. The predicted molar refractivity (Wildman–Crippen MR) is 217 cm³/mol.